The van der Waals surface area contributed by atoms with Gasteiger partial charge in [0.1, 0.15) is 29.1 Å². The summed E-state index contributed by atoms with van der Waals surface area (Å²) in [5, 5.41) is 10.5. The van der Waals surface area contributed by atoms with E-state index in [1.807, 2.05) is 6.92 Å². The SMILES string of the molecule is C[C@H]1Nc2ccn3ncc(c3n2)C(=O)NC2CC(C2)Oc2ccc(F)cc21. The van der Waals surface area contributed by atoms with Gasteiger partial charge in [0.15, 0.2) is 5.65 Å². The van der Waals surface area contributed by atoms with Crippen molar-refractivity contribution >= 4 is 17.4 Å². The number of nitrogens with one attached hydrogen (secondary N) is 2. The second kappa shape index (κ2) is 5.94. The molecule has 3 aliphatic rings. The first kappa shape index (κ1) is 16.0. The average molecular weight is 367 g/mol. The van der Waals surface area contributed by atoms with Crippen LogP contribution in [0.4, 0.5) is 10.2 Å². The van der Waals surface area contributed by atoms with Gasteiger partial charge in [-0.05, 0) is 31.2 Å². The Kier molecular flexibility index (Phi) is 3.53. The summed E-state index contributed by atoms with van der Waals surface area (Å²) in [6, 6.07) is 6.12. The summed E-state index contributed by atoms with van der Waals surface area (Å²) in [6.07, 6.45) is 4.68. The number of anilines is 1. The molecule has 138 valence electrons. The summed E-state index contributed by atoms with van der Waals surface area (Å²) in [5.74, 6) is 0.717. The lowest BCUT2D eigenvalue weighted by atomic mass is 9.88. The van der Waals surface area contributed by atoms with Crippen LogP contribution in [0.25, 0.3) is 5.65 Å². The van der Waals surface area contributed by atoms with Crippen molar-refractivity contribution in [1.29, 1.82) is 0 Å². The fraction of sp³-hybridized carbons (Fsp3) is 0.316. The number of halogens is 1. The molecule has 1 amide bonds. The Hall–Kier alpha value is -3.16. The van der Waals surface area contributed by atoms with Gasteiger partial charge in [0.05, 0.1) is 12.2 Å². The van der Waals surface area contributed by atoms with E-state index in [0.29, 0.717) is 35.6 Å². The van der Waals surface area contributed by atoms with E-state index in [0.717, 1.165) is 5.56 Å². The monoisotopic (exact) mass is 367 g/mol. The van der Waals surface area contributed by atoms with Gasteiger partial charge in [-0.2, -0.15) is 5.10 Å². The number of benzene rings is 1. The number of nitrogens with zero attached hydrogens (tertiary/aromatic N) is 3. The zero-order valence-corrected chi connectivity index (χ0v) is 14.6. The Morgan fingerprint density at radius 2 is 2.11 bits per heavy atom. The van der Waals surface area contributed by atoms with Gasteiger partial charge >= 0.3 is 0 Å². The van der Waals surface area contributed by atoms with Gasteiger partial charge in [-0.3, -0.25) is 4.79 Å². The van der Waals surface area contributed by atoms with Gasteiger partial charge in [0, 0.05) is 30.6 Å². The van der Waals surface area contributed by atoms with Crippen molar-refractivity contribution in [3.05, 3.63) is 53.6 Å². The molecule has 0 radical (unpaired) electrons. The lowest BCUT2D eigenvalue weighted by molar-refractivity contribution is 0.0695. The second-order valence-electron chi connectivity index (χ2n) is 7.07. The number of aromatic nitrogens is 3. The quantitative estimate of drug-likeness (QED) is 0.639. The number of ether oxygens (including phenoxy) is 1. The standard InChI is InChI=1S/C19H18FN5O2/c1-10-14-6-11(20)2-3-16(14)27-13-7-12(8-13)23-19(26)15-9-21-25-5-4-17(22-10)24-18(15)25/h2-6,9-10,12-13H,7-8H2,1H3,(H,22,24)(H,23,26)/t10-,12?,13?/m1/s1. The zero-order valence-electron chi connectivity index (χ0n) is 14.6. The molecule has 0 unspecified atom stereocenters. The maximum atomic E-state index is 13.9. The molecule has 27 heavy (non-hydrogen) atoms. The first-order valence-electron chi connectivity index (χ1n) is 8.95. The summed E-state index contributed by atoms with van der Waals surface area (Å²) in [6.45, 7) is 1.92. The van der Waals surface area contributed by atoms with E-state index in [4.69, 9.17) is 4.74 Å². The van der Waals surface area contributed by atoms with Crippen LogP contribution in [0, 0.1) is 5.82 Å². The van der Waals surface area contributed by atoms with Crippen molar-refractivity contribution < 1.29 is 13.9 Å². The molecule has 2 aliphatic heterocycles. The Morgan fingerprint density at radius 1 is 1.26 bits per heavy atom. The molecule has 4 bridgehead atoms. The molecule has 3 aromatic rings. The van der Waals surface area contributed by atoms with Crippen LogP contribution in [-0.4, -0.2) is 32.7 Å². The predicted molar refractivity (Wildman–Crippen MR) is 96.3 cm³/mol. The van der Waals surface area contributed by atoms with Crippen molar-refractivity contribution in [2.75, 3.05) is 5.32 Å². The first-order chi connectivity index (χ1) is 13.1. The highest BCUT2D eigenvalue weighted by molar-refractivity contribution is 6.00. The second-order valence-corrected chi connectivity index (χ2v) is 7.07. The topological polar surface area (TPSA) is 80.5 Å². The van der Waals surface area contributed by atoms with E-state index < -0.39 is 0 Å². The molecule has 1 aromatic carbocycles. The molecule has 1 saturated carbocycles. The maximum Gasteiger partial charge on any atom is 0.256 e. The van der Waals surface area contributed by atoms with Gasteiger partial charge in [-0.1, -0.05) is 0 Å². The van der Waals surface area contributed by atoms with E-state index in [1.165, 1.54) is 18.3 Å². The van der Waals surface area contributed by atoms with Crippen molar-refractivity contribution in [2.24, 2.45) is 0 Å². The van der Waals surface area contributed by atoms with Gasteiger partial charge in [-0.15, -0.1) is 0 Å². The molecular formula is C19H18FN5O2. The Balaban J connectivity index is 1.60. The molecule has 0 spiro atoms. The lowest BCUT2D eigenvalue weighted by Gasteiger charge is -2.36. The molecule has 1 atom stereocenters. The molecule has 1 aliphatic carbocycles. The first-order valence-corrected chi connectivity index (χ1v) is 8.95. The van der Waals surface area contributed by atoms with Crippen molar-refractivity contribution in [1.82, 2.24) is 19.9 Å². The van der Waals surface area contributed by atoms with Gasteiger partial charge in [-0.25, -0.2) is 13.9 Å². The fourth-order valence-corrected chi connectivity index (χ4v) is 3.60. The fourth-order valence-electron chi connectivity index (χ4n) is 3.60. The van der Waals surface area contributed by atoms with Crippen LogP contribution >= 0.6 is 0 Å². The number of carbonyl (C=O) groups excluding carboxylic acids is 1. The largest absolute Gasteiger partial charge is 0.490 e. The molecule has 8 heteroatoms. The van der Waals surface area contributed by atoms with Crippen LogP contribution in [0.1, 0.15) is 41.7 Å². The number of amides is 1. The van der Waals surface area contributed by atoms with Crippen LogP contribution in [0.3, 0.4) is 0 Å². The minimum atomic E-state index is -0.313. The minimum absolute atomic E-state index is 0.00205. The zero-order chi connectivity index (χ0) is 18.5. The molecule has 1 fully saturated rings. The molecule has 6 rings (SSSR count). The summed E-state index contributed by atoms with van der Waals surface area (Å²) in [5.41, 5.74) is 1.64. The number of hydrogen-bond donors (Lipinski definition) is 2. The van der Waals surface area contributed by atoms with Gasteiger partial charge < -0.3 is 15.4 Å². The Morgan fingerprint density at radius 3 is 2.96 bits per heavy atom. The van der Waals surface area contributed by atoms with Crippen LogP contribution in [-0.2, 0) is 0 Å². The predicted octanol–water partition coefficient (Wildman–Crippen LogP) is 2.69. The number of hydrogen-bond acceptors (Lipinski definition) is 5. The number of fused-ring (bicyclic) bond motifs is 2. The maximum absolute atomic E-state index is 13.9. The van der Waals surface area contributed by atoms with Crippen LogP contribution < -0.4 is 15.4 Å². The van der Waals surface area contributed by atoms with Crippen molar-refractivity contribution in [3.63, 3.8) is 0 Å². The molecule has 4 heterocycles. The minimum Gasteiger partial charge on any atom is -0.490 e. The summed E-state index contributed by atoms with van der Waals surface area (Å²) in [7, 11) is 0. The Labute approximate surface area is 154 Å². The van der Waals surface area contributed by atoms with Gasteiger partial charge in [0.25, 0.3) is 5.91 Å². The smallest absolute Gasteiger partial charge is 0.256 e. The van der Waals surface area contributed by atoms with Crippen LogP contribution in [0.15, 0.2) is 36.7 Å². The molecule has 7 nitrogen and oxygen atoms in total. The van der Waals surface area contributed by atoms with E-state index in [2.05, 4.69) is 20.7 Å². The average Bonchev–Trinajstić information content (AvgIpc) is 3.03. The third kappa shape index (κ3) is 2.77. The molecule has 2 N–H and O–H groups in total. The van der Waals surface area contributed by atoms with Crippen molar-refractivity contribution in [2.45, 2.75) is 38.0 Å². The summed E-state index contributed by atoms with van der Waals surface area (Å²) >= 11 is 0. The highest BCUT2D eigenvalue weighted by atomic mass is 19.1. The molecular weight excluding hydrogens is 349 g/mol. The Bertz CT molecular complexity index is 1040. The molecule has 2 aromatic heterocycles. The van der Waals surface area contributed by atoms with E-state index in [-0.39, 0.29) is 29.9 Å². The number of carbonyl (C=O) groups is 1. The van der Waals surface area contributed by atoms with E-state index in [9.17, 15) is 9.18 Å². The summed E-state index contributed by atoms with van der Waals surface area (Å²) in [4.78, 5) is 17.1. The van der Waals surface area contributed by atoms with Crippen LogP contribution in [0.2, 0.25) is 0 Å². The van der Waals surface area contributed by atoms with Gasteiger partial charge in [0.2, 0.25) is 0 Å². The van der Waals surface area contributed by atoms with E-state index in [1.54, 1.807) is 22.8 Å². The van der Waals surface area contributed by atoms with E-state index >= 15 is 0 Å². The third-order valence-corrected chi connectivity index (χ3v) is 5.14. The lowest BCUT2D eigenvalue weighted by Crippen LogP contribution is -2.49. The normalized spacial score (nSPS) is 24.2. The highest BCUT2D eigenvalue weighted by Crippen LogP contribution is 2.33. The van der Waals surface area contributed by atoms with Crippen molar-refractivity contribution in [3.8, 4) is 5.75 Å². The molecule has 0 saturated heterocycles. The van der Waals surface area contributed by atoms with Crippen LogP contribution in [0.5, 0.6) is 5.75 Å². The summed E-state index contributed by atoms with van der Waals surface area (Å²) < 4.78 is 21.5. The number of rotatable bonds is 0. The highest BCUT2D eigenvalue weighted by Gasteiger charge is 2.34. The third-order valence-electron chi connectivity index (χ3n) is 5.14.